The molecule has 370 valence electrons. The molecule has 0 saturated carbocycles. The Bertz CT molecular complexity index is 4330. The molecule has 0 radical (unpaired) electrons. The Morgan fingerprint density at radius 1 is 0.244 bits per heavy atom. The first-order valence-corrected chi connectivity index (χ1v) is 26.5. The second-order valence-corrected chi connectivity index (χ2v) is 20.0. The van der Waals surface area contributed by atoms with Gasteiger partial charge >= 0.3 is 0 Å². The smallest absolute Gasteiger partial charge is 0.143 e. The summed E-state index contributed by atoms with van der Waals surface area (Å²) in [6.45, 7) is -0.278. The van der Waals surface area contributed by atoms with Crippen molar-refractivity contribution in [3.05, 3.63) is 278 Å². The molecule has 78 heavy (non-hydrogen) atoms. The van der Waals surface area contributed by atoms with Gasteiger partial charge in [-0.2, -0.15) is 0 Å². The molecular weight excluding hydrogens is 953 g/mol. The molecule has 14 aromatic carbocycles. The first kappa shape index (κ1) is 46.7. The molecule has 14 aromatic rings. The second kappa shape index (κ2) is 19.7. The van der Waals surface area contributed by atoms with E-state index in [0.29, 0.717) is 23.0 Å². The average molecular weight is 1000 g/mol. The molecule has 0 aliphatic rings. The van der Waals surface area contributed by atoms with Crippen LogP contribution in [0.3, 0.4) is 0 Å². The van der Waals surface area contributed by atoms with Crippen LogP contribution in [0.15, 0.2) is 267 Å². The van der Waals surface area contributed by atoms with Crippen LogP contribution < -0.4 is 9.47 Å². The van der Waals surface area contributed by atoms with Crippen molar-refractivity contribution in [2.45, 2.75) is 13.2 Å². The molecule has 0 atom stereocenters. The van der Waals surface area contributed by atoms with E-state index >= 15 is 0 Å². The van der Waals surface area contributed by atoms with Crippen molar-refractivity contribution in [3.8, 4) is 78.6 Å². The molecule has 0 amide bonds. The fourth-order valence-electron chi connectivity index (χ4n) is 11.8. The number of hydrogen-bond donors (Lipinski definition) is 2. The van der Waals surface area contributed by atoms with Crippen molar-refractivity contribution in [2.75, 3.05) is 0 Å². The highest BCUT2D eigenvalue weighted by molar-refractivity contribution is 6.13. The maximum atomic E-state index is 11.0. The number of aliphatic hydroxyl groups excluding tert-OH is 2. The van der Waals surface area contributed by atoms with E-state index in [4.69, 9.17) is 9.47 Å². The molecule has 0 aromatic heterocycles. The van der Waals surface area contributed by atoms with Crippen LogP contribution in [0, 0.1) is 0 Å². The molecule has 0 bridgehead atoms. The molecule has 4 nitrogen and oxygen atoms in total. The molecule has 0 unspecified atom stereocenters. The van der Waals surface area contributed by atoms with Crippen molar-refractivity contribution in [2.24, 2.45) is 0 Å². The van der Waals surface area contributed by atoms with Crippen molar-refractivity contribution in [1.29, 1.82) is 0 Å². The average Bonchev–Trinajstić information content (AvgIpc) is 3.55. The number of ether oxygens (including phenoxy) is 2. The zero-order valence-electron chi connectivity index (χ0n) is 42.5. The molecule has 0 aliphatic heterocycles. The summed E-state index contributed by atoms with van der Waals surface area (Å²) in [5.41, 5.74) is 11.5. The highest BCUT2D eigenvalue weighted by atomic mass is 16.5. The summed E-state index contributed by atoms with van der Waals surface area (Å²) in [4.78, 5) is 0. The number of hydrogen-bond acceptors (Lipinski definition) is 4. The first-order valence-electron chi connectivity index (χ1n) is 26.5. The maximum Gasteiger partial charge on any atom is 0.143 e. The predicted octanol–water partition coefficient (Wildman–Crippen LogP) is 19.5. The van der Waals surface area contributed by atoms with E-state index in [1.54, 1.807) is 0 Å². The monoisotopic (exact) mass is 1000 g/mol. The summed E-state index contributed by atoms with van der Waals surface area (Å²) < 4.78 is 15.5. The van der Waals surface area contributed by atoms with Gasteiger partial charge in [0.25, 0.3) is 0 Å². The van der Waals surface area contributed by atoms with E-state index in [2.05, 4.69) is 231 Å². The van der Waals surface area contributed by atoms with Crippen molar-refractivity contribution in [1.82, 2.24) is 0 Å². The Hall–Kier alpha value is -9.84. The van der Waals surface area contributed by atoms with Crippen LogP contribution in [0.1, 0.15) is 11.1 Å². The fraction of sp³-hybridized carbons (Fsp3) is 0.0270. The van der Waals surface area contributed by atoms with Crippen LogP contribution >= 0.6 is 0 Å². The third-order valence-corrected chi connectivity index (χ3v) is 15.5. The van der Waals surface area contributed by atoms with Gasteiger partial charge in [-0.05, 0) is 135 Å². The van der Waals surface area contributed by atoms with Crippen LogP contribution in [-0.2, 0) is 13.2 Å². The van der Waals surface area contributed by atoms with Crippen LogP contribution in [0.2, 0.25) is 0 Å². The largest absolute Gasteiger partial charge is 0.455 e. The van der Waals surface area contributed by atoms with Crippen LogP contribution in [0.4, 0.5) is 0 Å². The van der Waals surface area contributed by atoms with Crippen molar-refractivity contribution in [3.63, 3.8) is 0 Å². The Morgan fingerprint density at radius 2 is 0.615 bits per heavy atom. The second-order valence-electron chi connectivity index (χ2n) is 20.0. The highest BCUT2D eigenvalue weighted by Crippen LogP contribution is 2.53. The zero-order chi connectivity index (χ0) is 52.1. The molecule has 2 N–H and O–H groups in total. The molecule has 0 aliphatic carbocycles. The number of benzene rings is 14. The lowest BCUT2D eigenvalue weighted by Gasteiger charge is -2.24. The van der Waals surface area contributed by atoms with E-state index in [1.807, 2.05) is 36.4 Å². The van der Waals surface area contributed by atoms with Gasteiger partial charge in [0.2, 0.25) is 0 Å². The molecule has 0 saturated heterocycles. The Labute approximate surface area is 451 Å². The Balaban J connectivity index is 1.08. The summed E-state index contributed by atoms with van der Waals surface area (Å²) >= 11 is 0. The summed E-state index contributed by atoms with van der Waals surface area (Å²) in [7, 11) is 0. The number of fused-ring (bicyclic) bond motifs is 6. The first-order chi connectivity index (χ1) is 38.6. The van der Waals surface area contributed by atoms with Gasteiger partial charge in [0.1, 0.15) is 23.0 Å². The van der Waals surface area contributed by atoms with Crippen LogP contribution in [0.25, 0.3) is 120 Å². The van der Waals surface area contributed by atoms with Gasteiger partial charge in [-0.15, -0.1) is 0 Å². The van der Waals surface area contributed by atoms with E-state index in [1.165, 1.54) is 0 Å². The number of rotatable bonds is 11. The quantitative estimate of drug-likeness (QED) is 0.136. The van der Waals surface area contributed by atoms with Crippen LogP contribution in [-0.4, -0.2) is 10.2 Å². The Morgan fingerprint density at radius 3 is 1.04 bits per heavy atom. The molecule has 0 spiro atoms. The van der Waals surface area contributed by atoms with Crippen molar-refractivity contribution < 1.29 is 19.7 Å². The lowest BCUT2D eigenvalue weighted by molar-refractivity contribution is 0.283. The lowest BCUT2D eigenvalue weighted by Crippen LogP contribution is -1.99. The minimum atomic E-state index is -0.139. The molecular formula is C74H50O4. The van der Waals surface area contributed by atoms with Crippen molar-refractivity contribution >= 4 is 64.6 Å². The van der Waals surface area contributed by atoms with Crippen LogP contribution in [0.5, 0.6) is 23.0 Å². The summed E-state index contributed by atoms with van der Waals surface area (Å²) in [6.07, 6.45) is 0. The molecule has 0 heterocycles. The summed E-state index contributed by atoms with van der Waals surface area (Å²) in [5.74, 6) is 2.63. The molecule has 14 rings (SSSR count). The zero-order valence-corrected chi connectivity index (χ0v) is 42.5. The Kier molecular flexibility index (Phi) is 11.8. The van der Waals surface area contributed by atoms with Gasteiger partial charge in [-0.3, -0.25) is 0 Å². The third kappa shape index (κ3) is 8.11. The van der Waals surface area contributed by atoms with Gasteiger partial charge < -0.3 is 19.7 Å². The van der Waals surface area contributed by atoms with Gasteiger partial charge in [-0.25, -0.2) is 0 Å². The fourth-order valence-corrected chi connectivity index (χ4v) is 11.8. The summed E-state index contributed by atoms with van der Waals surface area (Å²) in [6, 6.07) is 93.2. The highest BCUT2D eigenvalue weighted by Gasteiger charge is 2.26. The van der Waals surface area contributed by atoms with E-state index in [0.717, 1.165) is 131 Å². The summed E-state index contributed by atoms with van der Waals surface area (Å²) in [5, 5.41) is 34.1. The minimum Gasteiger partial charge on any atom is -0.455 e. The van der Waals surface area contributed by atoms with Gasteiger partial charge in [0.15, 0.2) is 0 Å². The molecule has 0 fully saturated rings. The van der Waals surface area contributed by atoms with Gasteiger partial charge in [0, 0.05) is 33.0 Å². The molecule has 4 heteroatoms. The normalized spacial score (nSPS) is 11.6. The van der Waals surface area contributed by atoms with E-state index < -0.39 is 0 Å². The lowest BCUT2D eigenvalue weighted by atomic mass is 9.89. The van der Waals surface area contributed by atoms with Gasteiger partial charge in [-0.1, -0.05) is 231 Å². The van der Waals surface area contributed by atoms with Gasteiger partial charge in [0.05, 0.1) is 13.2 Å². The number of aliphatic hydroxyl groups is 2. The third-order valence-electron chi connectivity index (χ3n) is 15.5. The maximum absolute atomic E-state index is 11.0. The standard InChI is InChI=1S/C74H50O4/c75-45-55-43-67(63-31-15-23-49-21-7-9-25-57(49)63)73(65-29-13-11-27-59(55)65)77-69-39-35-53-41-51(47-17-3-1-4-18-47)33-37-61(53)71(69)72-62-38-34-52(48-19-5-2-6-20-48)42-54(62)36-40-70(72)78-74-66-30-14-12-28-60(66)56(46-76)44-68(74)64-32-16-24-50-22-8-10-26-58(50)64/h1-44,75-76H,45-46H2. The van der Waals surface area contributed by atoms with E-state index in [-0.39, 0.29) is 13.2 Å². The van der Waals surface area contributed by atoms with E-state index in [9.17, 15) is 10.2 Å². The predicted molar refractivity (Wildman–Crippen MR) is 324 cm³/mol. The topological polar surface area (TPSA) is 58.9 Å². The minimum absolute atomic E-state index is 0.139. The SMILES string of the molecule is OCc1cc(-c2cccc3ccccc23)c(Oc2ccc3cc(-c4ccccc4)ccc3c2-c2c(Oc3c(-c4cccc5ccccc45)cc(CO)c4ccccc34)ccc3cc(-c4ccccc4)ccc23)c2ccccc12.